The van der Waals surface area contributed by atoms with Gasteiger partial charge in [0.25, 0.3) is 0 Å². The maximum Gasteiger partial charge on any atom is 0.414 e. The quantitative estimate of drug-likeness (QED) is 0.850. The van der Waals surface area contributed by atoms with E-state index in [1.165, 1.54) is 12.1 Å². The van der Waals surface area contributed by atoms with Crippen LogP contribution in [0.5, 0.6) is 0 Å². The fourth-order valence-corrected chi connectivity index (χ4v) is 3.26. The van der Waals surface area contributed by atoms with E-state index < -0.39 is 10.0 Å². The van der Waals surface area contributed by atoms with Crippen LogP contribution in [0.25, 0.3) is 0 Å². The van der Waals surface area contributed by atoms with Gasteiger partial charge in [-0.25, -0.2) is 13.2 Å². The number of anilines is 1. The summed E-state index contributed by atoms with van der Waals surface area (Å²) in [4.78, 5) is 13.2. The summed E-state index contributed by atoms with van der Waals surface area (Å²) < 4.78 is 31.4. The first kappa shape index (κ1) is 17.0. The molecule has 0 aromatic heterocycles. The largest absolute Gasteiger partial charge is 0.447 e. The molecule has 6 nitrogen and oxygen atoms in total. The van der Waals surface area contributed by atoms with Gasteiger partial charge in [-0.1, -0.05) is 30.0 Å². The molecule has 1 amide bonds. The molecule has 0 bridgehead atoms. The first-order chi connectivity index (χ1) is 12.1. The Bertz CT molecular complexity index is 913. The van der Waals surface area contributed by atoms with Crippen molar-refractivity contribution < 1.29 is 17.9 Å². The number of nitrogens with one attached hydrogen (secondary N) is 1. The van der Waals surface area contributed by atoms with E-state index in [1.54, 1.807) is 47.4 Å². The van der Waals surface area contributed by atoms with Crippen molar-refractivity contribution in [3.8, 4) is 11.8 Å². The third-order valence-electron chi connectivity index (χ3n) is 3.58. The van der Waals surface area contributed by atoms with E-state index in [2.05, 4.69) is 16.6 Å². The molecule has 0 radical (unpaired) electrons. The van der Waals surface area contributed by atoms with Gasteiger partial charge >= 0.3 is 6.09 Å². The van der Waals surface area contributed by atoms with Gasteiger partial charge < -0.3 is 4.74 Å². The zero-order valence-electron chi connectivity index (χ0n) is 13.3. The lowest BCUT2D eigenvalue weighted by molar-refractivity contribution is 0.181. The Morgan fingerprint density at radius 1 is 1.08 bits per heavy atom. The molecule has 2 aromatic rings. The summed E-state index contributed by atoms with van der Waals surface area (Å²) in [6, 6.07) is 15.3. The van der Waals surface area contributed by atoms with Crippen molar-refractivity contribution in [3.63, 3.8) is 0 Å². The van der Waals surface area contributed by atoms with Crippen molar-refractivity contribution in [2.24, 2.45) is 0 Å². The summed E-state index contributed by atoms with van der Waals surface area (Å²) in [5.74, 6) is 5.67. The number of amides is 1. The third kappa shape index (κ3) is 4.18. The third-order valence-corrected chi connectivity index (χ3v) is 4.99. The van der Waals surface area contributed by atoms with Crippen molar-refractivity contribution >= 4 is 21.8 Å². The van der Waals surface area contributed by atoms with Crippen molar-refractivity contribution in [3.05, 3.63) is 60.2 Å². The first-order valence-electron chi connectivity index (χ1n) is 7.64. The zero-order valence-corrected chi connectivity index (χ0v) is 14.1. The molecule has 25 heavy (non-hydrogen) atoms. The molecule has 0 atom stereocenters. The number of hydrogen-bond donors (Lipinski definition) is 1. The van der Waals surface area contributed by atoms with Crippen LogP contribution < -0.4 is 9.62 Å². The molecule has 1 aliphatic heterocycles. The molecule has 128 valence electrons. The Morgan fingerprint density at radius 2 is 1.80 bits per heavy atom. The van der Waals surface area contributed by atoms with Gasteiger partial charge in [-0.2, -0.15) is 4.72 Å². The highest BCUT2D eigenvalue weighted by Crippen LogP contribution is 2.18. The van der Waals surface area contributed by atoms with Crippen LogP contribution in [-0.2, 0) is 14.8 Å². The highest BCUT2D eigenvalue weighted by Gasteiger charge is 2.23. The summed E-state index contributed by atoms with van der Waals surface area (Å²) >= 11 is 0. The lowest BCUT2D eigenvalue weighted by Crippen LogP contribution is -2.23. The number of nitrogens with zero attached hydrogens (tertiary/aromatic N) is 1. The summed E-state index contributed by atoms with van der Waals surface area (Å²) in [5.41, 5.74) is 1.48. The minimum atomic E-state index is -3.55. The monoisotopic (exact) mass is 356 g/mol. The lowest BCUT2D eigenvalue weighted by atomic mass is 10.2. The summed E-state index contributed by atoms with van der Waals surface area (Å²) in [7, 11) is -3.55. The zero-order chi connectivity index (χ0) is 17.7. The number of hydrogen-bond acceptors (Lipinski definition) is 4. The molecule has 0 unspecified atom stereocenters. The van der Waals surface area contributed by atoms with Gasteiger partial charge in [0.05, 0.1) is 18.0 Å². The number of cyclic esters (lactones) is 1. The molecule has 2 aromatic carbocycles. The van der Waals surface area contributed by atoms with Crippen LogP contribution in [0.4, 0.5) is 10.5 Å². The van der Waals surface area contributed by atoms with Gasteiger partial charge in [0.2, 0.25) is 10.0 Å². The number of benzene rings is 2. The van der Waals surface area contributed by atoms with Gasteiger partial charge in [0.1, 0.15) is 6.61 Å². The minimum Gasteiger partial charge on any atom is -0.447 e. The van der Waals surface area contributed by atoms with E-state index in [0.717, 1.165) is 11.3 Å². The Labute approximate surface area is 146 Å². The minimum absolute atomic E-state index is 0.0113. The second-order valence-corrected chi connectivity index (χ2v) is 7.02. The van der Waals surface area contributed by atoms with E-state index in [4.69, 9.17) is 4.74 Å². The van der Waals surface area contributed by atoms with Crippen LogP contribution in [0.3, 0.4) is 0 Å². The van der Waals surface area contributed by atoms with E-state index in [-0.39, 0.29) is 17.5 Å². The fraction of sp³-hybridized carbons (Fsp3) is 0.167. The van der Waals surface area contributed by atoms with E-state index >= 15 is 0 Å². The predicted molar refractivity (Wildman–Crippen MR) is 93.6 cm³/mol. The molecule has 1 aliphatic rings. The second-order valence-electron chi connectivity index (χ2n) is 5.25. The van der Waals surface area contributed by atoms with Crippen LogP contribution in [0.15, 0.2) is 59.5 Å². The molecular weight excluding hydrogens is 340 g/mol. The van der Waals surface area contributed by atoms with Crippen LogP contribution in [0.1, 0.15) is 5.56 Å². The molecule has 1 fully saturated rings. The van der Waals surface area contributed by atoms with Crippen LogP contribution in [0, 0.1) is 11.8 Å². The van der Waals surface area contributed by atoms with Crippen molar-refractivity contribution in [1.82, 2.24) is 4.72 Å². The molecule has 0 saturated carbocycles. The molecule has 0 aliphatic carbocycles. The van der Waals surface area contributed by atoms with Crippen LogP contribution in [0.2, 0.25) is 0 Å². The van der Waals surface area contributed by atoms with Crippen LogP contribution in [-0.4, -0.2) is 34.2 Å². The summed E-state index contributed by atoms with van der Waals surface area (Å²) in [6.45, 7) is 0.935. The van der Waals surface area contributed by atoms with E-state index in [1.807, 2.05) is 0 Å². The smallest absolute Gasteiger partial charge is 0.414 e. The number of ether oxygens (including phenoxy) is 1. The Kier molecular flexibility index (Phi) is 5.03. The molecule has 1 saturated heterocycles. The molecule has 0 spiro atoms. The van der Waals surface area contributed by atoms with Crippen molar-refractivity contribution in [2.75, 3.05) is 24.6 Å². The number of rotatable bonds is 4. The molecule has 7 heteroatoms. The molecule has 1 N–H and O–H groups in total. The maximum absolute atomic E-state index is 12.0. The van der Waals surface area contributed by atoms with Gasteiger partial charge in [-0.15, -0.1) is 0 Å². The van der Waals surface area contributed by atoms with Crippen molar-refractivity contribution in [1.29, 1.82) is 0 Å². The topological polar surface area (TPSA) is 75.7 Å². The standard InChI is InChI=1S/C18H16N2O4S/c21-18-20(13-14-24-18)16-10-8-15(9-11-16)5-4-12-19-25(22,23)17-6-2-1-3-7-17/h1-3,6-11,19H,12-14H2. The molecule has 3 rings (SSSR count). The average Bonchev–Trinajstić information content (AvgIpc) is 3.06. The first-order valence-corrected chi connectivity index (χ1v) is 9.12. The van der Waals surface area contributed by atoms with E-state index in [0.29, 0.717) is 13.2 Å². The highest BCUT2D eigenvalue weighted by atomic mass is 32.2. The van der Waals surface area contributed by atoms with E-state index in [9.17, 15) is 13.2 Å². The summed E-state index contributed by atoms with van der Waals surface area (Å²) in [6.07, 6.45) is -0.353. The molecule has 1 heterocycles. The second kappa shape index (κ2) is 7.38. The SMILES string of the molecule is O=C1OCCN1c1ccc(C#CCNS(=O)(=O)c2ccccc2)cc1. The lowest BCUT2D eigenvalue weighted by Gasteiger charge is -2.11. The van der Waals surface area contributed by atoms with Gasteiger partial charge in [-0.05, 0) is 36.4 Å². The highest BCUT2D eigenvalue weighted by molar-refractivity contribution is 7.89. The summed E-state index contributed by atoms with van der Waals surface area (Å²) in [5, 5.41) is 0. The van der Waals surface area contributed by atoms with Crippen LogP contribution >= 0.6 is 0 Å². The normalized spacial score (nSPS) is 13.9. The Hall–Kier alpha value is -2.82. The maximum atomic E-state index is 12.0. The number of carbonyl (C=O) groups is 1. The van der Waals surface area contributed by atoms with Gasteiger partial charge in [-0.3, -0.25) is 4.90 Å². The fourth-order valence-electron chi connectivity index (χ4n) is 2.31. The molecular formula is C18H16N2O4S. The Balaban J connectivity index is 1.60. The predicted octanol–water partition coefficient (Wildman–Crippen LogP) is 1.97. The number of carbonyl (C=O) groups excluding carboxylic acids is 1. The van der Waals surface area contributed by atoms with Gasteiger partial charge in [0.15, 0.2) is 0 Å². The Morgan fingerprint density at radius 3 is 2.44 bits per heavy atom. The van der Waals surface area contributed by atoms with Gasteiger partial charge in [0, 0.05) is 11.3 Å². The average molecular weight is 356 g/mol. The van der Waals surface area contributed by atoms with Crippen molar-refractivity contribution in [2.45, 2.75) is 4.90 Å². The number of sulfonamides is 1.